The van der Waals surface area contributed by atoms with E-state index in [1.165, 1.54) is 6.07 Å². The highest BCUT2D eigenvalue weighted by Crippen LogP contribution is 2.32. The van der Waals surface area contributed by atoms with Gasteiger partial charge < -0.3 is 14.5 Å². The van der Waals surface area contributed by atoms with Gasteiger partial charge in [0, 0.05) is 31.2 Å². The number of carbonyl (C=O) groups excluding carboxylic acids is 2. The van der Waals surface area contributed by atoms with Crippen LogP contribution in [0.25, 0.3) is 0 Å². The first-order valence-corrected chi connectivity index (χ1v) is 10.9. The minimum atomic E-state index is -1.10. The van der Waals surface area contributed by atoms with Crippen LogP contribution in [0.2, 0.25) is 5.02 Å². The Morgan fingerprint density at radius 3 is 2.56 bits per heavy atom. The van der Waals surface area contributed by atoms with Crippen molar-refractivity contribution in [1.29, 1.82) is 0 Å². The molecule has 1 fully saturated rings. The second kappa shape index (κ2) is 9.56. The third-order valence-corrected chi connectivity index (χ3v) is 5.83. The summed E-state index contributed by atoms with van der Waals surface area (Å²) in [6.07, 6.45) is 0. The number of carbonyl (C=O) groups is 2. The van der Waals surface area contributed by atoms with Crippen LogP contribution in [0.5, 0.6) is 0 Å². The molecule has 0 unspecified atom stereocenters. The van der Waals surface area contributed by atoms with Gasteiger partial charge in [-0.05, 0) is 36.8 Å². The van der Waals surface area contributed by atoms with Crippen LogP contribution in [0.4, 0.5) is 10.1 Å². The highest BCUT2D eigenvalue weighted by Gasteiger charge is 2.42. The molecule has 2 aliphatic rings. The van der Waals surface area contributed by atoms with Crippen molar-refractivity contribution in [1.82, 2.24) is 10.2 Å². The highest BCUT2D eigenvalue weighted by molar-refractivity contribution is 6.30. The van der Waals surface area contributed by atoms with E-state index in [4.69, 9.17) is 21.3 Å². The van der Waals surface area contributed by atoms with Gasteiger partial charge in [-0.3, -0.25) is 14.9 Å². The predicted octanol–water partition coefficient (Wildman–Crippen LogP) is 3.01. The number of guanidine groups is 1. The average molecular weight is 459 g/mol. The standard InChI is InChI=1S/C23H24ClFN4O3/c1-2-32-22(31)19-20(15-6-5-7-16(24)14-15)26-23(27-21(19)30)29-12-10-28(11-13-29)18-9-4-3-8-17(18)25/h3-9,14,19-20H,2,10-13H2,1H3,(H,26,27,30)/t19-,20+/m1/s1. The molecule has 0 spiro atoms. The number of para-hydroxylation sites is 1. The van der Waals surface area contributed by atoms with E-state index in [0.29, 0.717) is 48.4 Å². The van der Waals surface area contributed by atoms with Gasteiger partial charge in [0.1, 0.15) is 11.9 Å². The molecule has 7 nitrogen and oxygen atoms in total. The number of halogens is 2. The van der Waals surface area contributed by atoms with E-state index < -0.39 is 23.8 Å². The smallest absolute Gasteiger partial charge is 0.321 e. The molecule has 2 heterocycles. The van der Waals surface area contributed by atoms with Gasteiger partial charge in [0.2, 0.25) is 11.9 Å². The number of nitrogens with zero attached hydrogens (tertiary/aromatic N) is 3. The summed E-state index contributed by atoms with van der Waals surface area (Å²) in [7, 11) is 0. The first-order valence-electron chi connectivity index (χ1n) is 10.5. The Hall–Kier alpha value is -3.13. The fourth-order valence-corrected chi connectivity index (χ4v) is 4.22. The SMILES string of the molecule is CCOC(=O)[C@H]1C(=O)NC(N2CCN(c3ccccc3F)CC2)=N[C@H]1c1cccc(Cl)c1. The van der Waals surface area contributed by atoms with Crippen molar-refractivity contribution >= 4 is 35.1 Å². The third kappa shape index (κ3) is 4.55. The number of aliphatic imine (C=N–C) groups is 1. The number of hydrogen-bond acceptors (Lipinski definition) is 6. The van der Waals surface area contributed by atoms with Crippen LogP contribution in [0.15, 0.2) is 53.5 Å². The summed E-state index contributed by atoms with van der Waals surface area (Å²) in [5.41, 5.74) is 1.22. The van der Waals surface area contributed by atoms with E-state index in [1.54, 1.807) is 49.4 Å². The lowest BCUT2D eigenvalue weighted by molar-refractivity contribution is -0.153. The molecule has 1 amide bonds. The maximum atomic E-state index is 14.1. The molecule has 2 aliphatic heterocycles. The molecule has 168 valence electrons. The van der Waals surface area contributed by atoms with E-state index in [-0.39, 0.29) is 12.4 Å². The van der Waals surface area contributed by atoms with Crippen LogP contribution in [0.3, 0.4) is 0 Å². The van der Waals surface area contributed by atoms with Crippen LogP contribution < -0.4 is 10.2 Å². The second-order valence-corrected chi connectivity index (χ2v) is 8.03. The van der Waals surface area contributed by atoms with Crippen molar-refractivity contribution in [2.75, 3.05) is 37.7 Å². The number of amides is 1. The Bertz CT molecular complexity index is 1040. The first-order chi connectivity index (χ1) is 15.5. The number of piperazine rings is 1. The number of anilines is 1. The molecule has 0 bridgehead atoms. The molecular weight excluding hydrogens is 435 g/mol. The van der Waals surface area contributed by atoms with Gasteiger partial charge in [0.25, 0.3) is 0 Å². The van der Waals surface area contributed by atoms with Crippen molar-refractivity contribution in [3.8, 4) is 0 Å². The molecule has 0 saturated carbocycles. The summed E-state index contributed by atoms with van der Waals surface area (Å²) >= 11 is 6.15. The fraction of sp³-hybridized carbons (Fsp3) is 0.348. The zero-order valence-electron chi connectivity index (χ0n) is 17.6. The lowest BCUT2D eigenvalue weighted by Gasteiger charge is -2.39. The monoisotopic (exact) mass is 458 g/mol. The molecule has 9 heteroatoms. The van der Waals surface area contributed by atoms with Crippen molar-refractivity contribution in [3.05, 3.63) is 64.9 Å². The van der Waals surface area contributed by atoms with Crippen LogP contribution in [-0.2, 0) is 14.3 Å². The van der Waals surface area contributed by atoms with E-state index in [0.717, 1.165) is 0 Å². The minimum absolute atomic E-state index is 0.166. The summed E-state index contributed by atoms with van der Waals surface area (Å²) in [6, 6.07) is 12.9. The number of rotatable bonds is 4. The Kier molecular flexibility index (Phi) is 6.60. The summed E-state index contributed by atoms with van der Waals surface area (Å²) < 4.78 is 19.3. The van der Waals surface area contributed by atoms with Gasteiger partial charge >= 0.3 is 5.97 Å². The molecule has 4 rings (SSSR count). The molecular formula is C23H24ClFN4O3. The molecule has 2 atom stereocenters. The van der Waals surface area contributed by atoms with Crippen molar-refractivity contribution in [2.24, 2.45) is 10.9 Å². The predicted molar refractivity (Wildman–Crippen MR) is 120 cm³/mol. The van der Waals surface area contributed by atoms with Gasteiger partial charge in [-0.15, -0.1) is 0 Å². The first kappa shape index (κ1) is 22.1. The van der Waals surface area contributed by atoms with Crippen LogP contribution >= 0.6 is 11.6 Å². The number of benzene rings is 2. The number of hydrogen-bond donors (Lipinski definition) is 1. The molecule has 0 aliphatic carbocycles. The fourth-order valence-electron chi connectivity index (χ4n) is 4.02. The van der Waals surface area contributed by atoms with E-state index >= 15 is 0 Å². The normalized spacial score (nSPS) is 21.1. The largest absolute Gasteiger partial charge is 0.465 e. The van der Waals surface area contributed by atoms with Crippen LogP contribution in [-0.4, -0.2) is 55.5 Å². The maximum absolute atomic E-state index is 14.1. The summed E-state index contributed by atoms with van der Waals surface area (Å²) in [5, 5.41) is 3.26. The number of nitrogens with one attached hydrogen (secondary N) is 1. The Balaban J connectivity index is 1.57. The zero-order chi connectivity index (χ0) is 22.7. The summed E-state index contributed by atoms with van der Waals surface area (Å²) in [4.78, 5) is 34.1. The van der Waals surface area contributed by atoms with E-state index in [2.05, 4.69) is 5.32 Å². The lowest BCUT2D eigenvalue weighted by Crippen LogP contribution is -2.57. The zero-order valence-corrected chi connectivity index (χ0v) is 18.4. The minimum Gasteiger partial charge on any atom is -0.465 e. The second-order valence-electron chi connectivity index (χ2n) is 7.60. The molecule has 1 saturated heterocycles. The molecule has 2 aromatic rings. The molecule has 1 N–H and O–H groups in total. The lowest BCUT2D eigenvalue weighted by atomic mass is 9.91. The number of ether oxygens (including phenoxy) is 1. The molecule has 0 radical (unpaired) electrons. The van der Waals surface area contributed by atoms with E-state index in [1.807, 2.05) is 9.80 Å². The van der Waals surface area contributed by atoms with Crippen molar-refractivity contribution < 1.29 is 18.7 Å². The topological polar surface area (TPSA) is 74.2 Å². The van der Waals surface area contributed by atoms with Crippen molar-refractivity contribution in [3.63, 3.8) is 0 Å². The van der Waals surface area contributed by atoms with Crippen molar-refractivity contribution in [2.45, 2.75) is 13.0 Å². The highest BCUT2D eigenvalue weighted by atomic mass is 35.5. The quantitative estimate of drug-likeness (QED) is 0.563. The Morgan fingerprint density at radius 2 is 1.88 bits per heavy atom. The van der Waals surface area contributed by atoms with Gasteiger partial charge in [-0.25, -0.2) is 9.38 Å². The summed E-state index contributed by atoms with van der Waals surface area (Å²) in [5.74, 6) is -2.05. The molecule has 2 aromatic carbocycles. The number of esters is 1. The third-order valence-electron chi connectivity index (χ3n) is 5.60. The molecule has 0 aromatic heterocycles. The maximum Gasteiger partial charge on any atom is 0.321 e. The Morgan fingerprint density at radius 1 is 1.16 bits per heavy atom. The van der Waals surface area contributed by atoms with Crippen LogP contribution in [0.1, 0.15) is 18.5 Å². The Labute approximate surface area is 190 Å². The van der Waals surface area contributed by atoms with Gasteiger partial charge in [0.05, 0.1) is 12.3 Å². The van der Waals surface area contributed by atoms with Crippen LogP contribution in [0, 0.1) is 11.7 Å². The molecule has 32 heavy (non-hydrogen) atoms. The summed E-state index contributed by atoms with van der Waals surface area (Å²) in [6.45, 7) is 4.08. The average Bonchev–Trinajstić information content (AvgIpc) is 2.79. The van der Waals surface area contributed by atoms with Gasteiger partial charge in [-0.1, -0.05) is 35.9 Å². The van der Waals surface area contributed by atoms with Gasteiger partial charge in [0.15, 0.2) is 5.92 Å². The van der Waals surface area contributed by atoms with Gasteiger partial charge in [-0.2, -0.15) is 0 Å². The van der Waals surface area contributed by atoms with E-state index in [9.17, 15) is 14.0 Å².